The molecule has 0 saturated carbocycles. The van der Waals surface area contributed by atoms with Crippen molar-refractivity contribution in [1.29, 1.82) is 0 Å². The zero-order chi connectivity index (χ0) is 21.4. The molecule has 6 nitrogen and oxygen atoms in total. The average Bonchev–Trinajstić information content (AvgIpc) is 2.79. The number of anilines is 1. The molecular formula is C25H18N4O2. The summed E-state index contributed by atoms with van der Waals surface area (Å²) in [5.74, 6) is 0.340. The molecule has 5 rings (SSSR count). The predicted octanol–water partition coefficient (Wildman–Crippen LogP) is 4.49. The number of nitrogens with zero attached hydrogens (tertiary/aromatic N) is 3. The second-order valence-corrected chi connectivity index (χ2v) is 7.23. The molecule has 0 radical (unpaired) electrons. The van der Waals surface area contributed by atoms with E-state index in [9.17, 15) is 9.59 Å². The van der Waals surface area contributed by atoms with E-state index in [-0.39, 0.29) is 11.5 Å². The van der Waals surface area contributed by atoms with Crippen molar-refractivity contribution < 1.29 is 4.79 Å². The maximum atomic E-state index is 13.0. The zero-order valence-electron chi connectivity index (χ0n) is 16.7. The Bertz CT molecular complexity index is 1500. The van der Waals surface area contributed by atoms with Crippen LogP contribution in [0.4, 0.5) is 5.69 Å². The van der Waals surface area contributed by atoms with Crippen molar-refractivity contribution in [1.82, 2.24) is 14.5 Å². The lowest BCUT2D eigenvalue weighted by atomic mass is 10.1. The van der Waals surface area contributed by atoms with E-state index >= 15 is 0 Å². The Morgan fingerprint density at radius 2 is 1.61 bits per heavy atom. The molecule has 0 fully saturated rings. The largest absolute Gasteiger partial charge is 0.321 e. The number of para-hydroxylation sites is 2. The number of aryl methyl sites for hydroxylation is 1. The van der Waals surface area contributed by atoms with Crippen molar-refractivity contribution in [2.24, 2.45) is 0 Å². The van der Waals surface area contributed by atoms with E-state index in [0.29, 0.717) is 33.7 Å². The van der Waals surface area contributed by atoms with Gasteiger partial charge in [0, 0.05) is 10.9 Å². The molecule has 0 aliphatic carbocycles. The number of aromatic nitrogens is 3. The molecule has 1 amide bonds. The predicted molar refractivity (Wildman–Crippen MR) is 122 cm³/mol. The summed E-state index contributed by atoms with van der Waals surface area (Å²) in [4.78, 5) is 34.5. The lowest BCUT2D eigenvalue weighted by Gasteiger charge is -2.11. The molecule has 0 bridgehead atoms. The van der Waals surface area contributed by atoms with Crippen molar-refractivity contribution in [2.45, 2.75) is 6.92 Å². The first kappa shape index (κ1) is 18.7. The van der Waals surface area contributed by atoms with Gasteiger partial charge in [0.25, 0.3) is 11.5 Å². The molecule has 2 heterocycles. The molecule has 2 aromatic heterocycles. The summed E-state index contributed by atoms with van der Waals surface area (Å²) in [5.41, 5.74) is 3.16. The van der Waals surface area contributed by atoms with Crippen LogP contribution in [0.2, 0.25) is 0 Å². The van der Waals surface area contributed by atoms with Gasteiger partial charge in [-0.25, -0.2) is 4.98 Å². The number of hydrogen-bond donors (Lipinski definition) is 1. The monoisotopic (exact) mass is 406 g/mol. The Kier molecular flexibility index (Phi) is 4.52. The number of pyridine rings is 1. The summed E-state index contributed by atoms with van der Waals surface area (Å²) >= 11 is 0. The number of benzene rings is 3. The molecule has 0 saturated heterocycles. The molecule has 1 N–H and O–H groups in total. The summed E-state index contributed by atoms with van der Waals surface area (Å²) in [5, 5.41) is 4.38. The van der Waals surface area contributed by atoms with Gasteiger partial charge >= 0.3 is 0 Å². The number of rotatable bonds is 3. The van der Waals surface area contributed by atoms with Crippen LogP contribution in [0.15, 0.2) is 89.9 Å². The van der Waals surface area contributed by atoms with Crippen molar-refractivity contribution in [3.63, 3.8) is 0 Å². The molecule has 0 unspecified atom stereocenters. The van der Waals surface area contributed by atoms with Crippen molar-refractivity contribution in [2.75, 3.05) is 5.32 Å². The van der Waals surface area contributed by atoms with Gasteiger partial charge in [0.1, 0.15) is 5.82 Å². The van der Waals surface area contributed by atoms with E-state index in [1.54, 1.807) is 48.0 Å². The summed E-state index contributed by atoms with van der Waals surface area (Å²) < 4.78 is 1.55. The lowest BCUT2D eigenvalue weighted by molar-refractivity contribution is 0.102. The van der Waals surface area contributed by atoms with Crippen LogP contribution in [0.1, 0.15) is 16.2 Å². The fourth-order valence-electron chi connectivity index (χ4n) is 3.65. The second kappa shape index (κ2) is 7.50. The van der Waals surface area contributed by atoms with Gasteiger partial charge < -0.3 is 5.32 Å². The van der Waals surface area contributed by atoms with Crippen LogP contribution in [-0.2, 0) is 0 Å². The zero-order valence-corrected chi connectivity index (χ0v) is 16.7. The highest BCUT2D eigenvalue weighted by Crippen LogP contribution is 2.18. The molecule has 6 heteroatoms. The molecular weight excluding hydrogens is 388 g/mol. The first-order valence-corrected chi connectivity index (χ1v) is 9.85. The summed E-state index contributed by atoms with van der Waals surface area (Å²) in [6.45, 7) is 1.79. The van der Waals surface area contributed by atoms with Gasteiger partial charge in [-0.1, -0.05) is 30.3 Å². The molecule has 0 spiro atoms. The maximum absolute atomic E-state index is 13.0. The minimum atomic E-state index is -0.246. The Labute approximate surface area is 177 Å². The lowest BCUT2D eigenvalue weighted by Crippen LogP contribution is -2.22. The molecule has 3 aromatic carbocycles. The fraction of sp³-hybridized carbons (Fsp3) is 0.0400. The smallest absolute Gasteiger partial charge is 0.265 e. The number of carbonyl (C=O) groups excluding carboxylic acids is 1. The van der Waals surface area contributed by atoms with E-state index in [4.69, 9.17) is 0 Å². The van der Waals surface area contributed by atoms with Gasteiger partial charge in [0.2, 0.25) is 0 Å². The first-order chi connectivity index (χ1) is 15.1. The third-order valence-corrected chi connectivity index (χ3v) is 5.18. The molecule has 0 aliphatic heterocycles. The third-order valence-electron chi connectivity index (χ3n) is 5.18. The van der Waals surface area contributed by atoms with Gasteiger partial charge in [-0.05, 0) is 55.5 Å². The normalized spacial score (nSPS) is 11.0. The number of fused-ring (bicyclic) bond motifs is 2. The number of carbonyl (C=O) groups is 1. The van der Waals surface area contributed by atoms with Gasteiger partial charge in [0.15, 0.2) is 0 Å². The molecule has 0 atom stereocenters. The van der Waals surface area contributed by atoms with Crippen molar-refractivity contribution in [3.05, 3.63) is 107 Å². The quantitative estimate of drug-likeness (QED) is 0.479. The Morgan fingerprint density at radius 1 is 0.903 bits per heavy atom. The first-order valence-electron chi connectivity index (χ1n) is 9.85. The van der Waals surface area contributed by atoms with Crippen LogP contribution in [0.3, 0.4) is 0 Å². The van der Waals surface area contributed by atoms with Gasteiger partial charge in [-0.2, -0.15) is 0 Å². The maximum Gasteiger partial charge on any atom is 0.265 e. The van der Waals surface area contributed by atoms with E-state index in [1.165, 1.54) is 0 Å². The highest BCUT2D eigenvalue weighted by atomic mass is 16.1. The van der Waals surface area contributed by atoms with Gasteiger partial charge in [-0.3, -0.25) is 19.1 Å². The second-order valence-electron chi connectivity index (χ2n) is 7.23. The van der Waals surface area contributed by atoms with Gasteiger partial charge in [0.05, 0.1) is 34.0 Å². The van der Waals surface area contributed by atoms with E-state index in [2.05, 4.69) is 15.3 Å². The van der Waals surface area contributed by atoms with Crippen LogP contribution in [0, 0.1) is 6.92 Å². The molecule has 150 valence electrons. The van der Waals surface area contributed by atoms with Crippen LogP contribution in [0.5, 0.6) is 0 Å². The number of hydrogen-bond acceptors (Lipinski definition) is 4. The Hall–Kier alpha value is -4.32. The topological polar surface area (TPSA) is 76.9 Å². The Balaban J connectivity index is 1.44. The summed E-state index contributed by atoms with van der Waals surface area (Å²) in [7, 11) is 0. The summed E-state index contributed by atoms with van der Waals surface area (Å²) in [6.07, 6.45) is 1.64. The van der Waals surface area contributed by atoms with Crippen LogP contribution < -0.4 is 10.9 Å². The fourth-order valence-corrected chi connectivity index (χ4v) is 3.65. The van der Waals surface area contributed by atoms with Gasteiger partial charge in [-0.15, -0.1) is 0 Å². The third kappa shape index (κ3) is 3.44. The minimum Gasteiger partial charge on any atom is -0.321 e. The minimum absolute atomic E-state index is 0.137. The van der Waals surface area contributed by atoms with Crippen molar-refractivity contribution in [3.8, 4) is 5.69 Å². The van der Waals surface area contributed by atoms with Crippen LogP contribution >= 0.6 is 0 Å². The van der Waals surface area contributed by atoms with E-state index < -0.39 is 0 Å². The van der Waals surface area contributed by atoms with Crippen LogP contribution in [-0.4, -0.2) is 20.4 Å². The molecule has 5 aromatic rings. The molecule has 31 heavy (non-hydrogen) atoms. The molecule has 0 aliphatic rings. The average molecular weight is 406 g/mol. The summed E-state index contributed by atoms with van der Waals surface area (Å²) in [6, 6.07) is 23.8. The standard InChI is InChI=1S/C25H18N4O2/c1-16-27-23-9-5-3-7-21(23)25(31)29(16)20-12-10-17(11-13-20)24(30)28-19-14-18-6-2-4-8-22(18)26-15-19/h2-15H,1H3,(H,28,30). The SMILES string of the molecule is Cc1nc2ccccc2c(=O)n1-c1ccc(C(=O)Nc2cnc3ccccc3c2)cc1. The number of amides is 1. The Morgan fingerprint density at radius 3 is 2.42 bits per heavy atom. The van der Waals surface area contributed by atoms with Crippen LogP contribution in [0.25, 0.3) is 27.5 Å². The van der Waals surface area contributed by atoms with Crippen molar-refractivity contribution >= 4 is 33.4 Å². The van der Waals surface area contributed by atoms with E-state index in [0.717, 1.165) is 10.9 Å². The highest BCUT2D eigenvalue weighted by molar-refractivity contribution is 6.05. The highest BCUT2D eigenvalue weighted by Gasteiger charge is 2.11. The number of nitrogens with one attached hydrogen (secondary N) is 1. The van der Waals surface area contributed by atoms with E-state index in [1.807, 2.05) is 48.5 Å².